The van der Waals surface area contributed by atoms with Crippen molar-refractivity contribution in [3.63, 3.8) is 0 Å². The van der Waals surface area contributed by atoms with Crippen LogP contribution in [0.15, 0.2) is 18.2 Å². The molecule has 1 saturated heterocycles. The van der Waals surface area contributed by atoms with Gasteiger partial charge in [0, 0.05) is 23.3 Å². The summed E-state index contributed by atoms with van der Waals surface area (Å²) in [6.45, 7) is 4.60. The average Bonchev–Trinajstić information content (AvgIpc) is 2.50. The van der Waals surface area contributed by atoms with Crippen LogP contribution < -0.4 is 5.32 Å². The second-order valence-corrected chi connectivity index (χ2v) is 5.88. The molecule has 1 fully saturated rings. The highest BCUT2D eigenvalue weighted by atomic mass is 35.5. The molecule has 1 aromatic rings. The molecule has 0 radical (unpaired) electrons. The van der Waals surface area contributed by atoms with Crippen LogP contribution in [-0.2, 0) is 9.59 Å². The van der Waals surface area contributed by atoms with E-state index in [1.165, 1.54) is 0 Å². The van der Waals surface area contributed by atoms with Gasteiger partial charge in [0.1, 0.15) is 0 Å². The molecule has 0 bridgehead atoms. The Labute approximate surface area is 130 Å². The maximum absolute atomic E-state index is 12.3. The monoisotopic (exact) mass is 308 g/mol. The first kappa shape index (κ1) is 15.8. The van der Waals surface area contributed by atoms with E-state index in [0.717, 1.165) is 31.2 Å². The second-order valence-electron chi connectivity index (χ2n) is 5.47. The number of amides is 2. The number of hydrogen-bond acceptors (Lipinski definition) is 2. The summed E-state index contributed by atoms with van der Waals surface area (Å²) in [4.78, 5) is 26.1. The Hall–Kier alpha value is -1.55. The smallest absolute Gasteiger partial charge is 0.313 e. The topological polar surface area (TPSA) is 49.4 Å². The second kappa shape index (κ2) is 6.94. The van der Waals surface area contributed by atoms with Gasteiger partial charge in [0.25, 0.3) is 0 Å². The molecule has 5 heteroatoms. The number of aryl methyl sites for hydroxylation is 1. The highest BCUT2D eigenvalue weighted by Gasteiger charge is 2.29. The number of rotatable bonds is 2. The van der Waals surface area contributed by atoms with Gasteiger partial charge in [-0.05, 0) is 50.3 Å². The summed E-state index contributed by atoms with van der Waals surface area (Å²) in [5.41, 5.74) is 1.48. The molecule has 1 aromatic carbocycles. The summed E-state index contributed by atoms with van der Waals surface area (Å²) in [5, 5.41) is 3.21. The van der Waals surface area contributed by atoms with Gasteiger partial charge in [-0.1, -0.05) is 24.6 Å². The maximum atomic E-state index is 12.3. The lowest BCUT2D eigenvalue weighted by Crippen LogP contribution is -2.48. The van der Waals surface area contributed by atoms with E-state index in [4.69, 9.17) is 11.6 Å². The first-order chi connectivity index (χ1) is 10.0. The predicted octanol–water partition coefficient (Wildman–Crippen LogP) is 3.38. The molecule has 4 nitrogen and oxygen atoms in total. The lowest BCUT2D eigenvalue weighted by Gasteiger charge is -2.34. The number of halogens is 1. The van der Waals surface area contributed by atoms with E-state index in [1.54, 1.807) is 17.0 Å². The molecule has 0 saturated carbocycles. The lowest BCUT2D eigenvalue weighted by atomic mass is 10.00. The highest BCUT2D eigenvalue weighted by molar-refractivity contribution is 6.39. The van der Waals surface area contributed by atoms with Crippen LogP contribution in [-0.4, -0.2) is 29.3 Å². The first-order valence-corrected chi connectivity index (χ1v) is 7.78. The zero-order valence-electron chi connectivity index (χ0n) is 12.5. The number of nitrogens with one attached hydrogen (secondary N) is 1. The van der Waals surface area contributed by atoms with Gasteiger partial charge in [-0.25, -0.2) is 0 Å². The van der Waals surface area contributed by atoms with Gasteiger partial charge in [0.05, 0.1) is 0 Å². The highest BCUT2D eigenvalue weighted by Crippen LogP contribution is 2.22. The van der Waals surface area contributed by atoms with Crippen molar-refractivity contribution in [3.05, 3.63) is 28.8 Å². The summed E-state index contributed by atoms with van der Waals surface area (Å²) >= 11 is 6.02. The first-order valence-electron chi connectivity index (χ1n) is 7.41. The van der Waals surface area contributed by atoms with Crippen molar-refractivity contribution in [2.45, 2.75) is 45.6 Å². The Bertz CT molecular complexity index is 545. The number of carbonyl (C=O) groups is 2. The van der Waals surface area contributed by atoms with Crippen molar-refractivity contribution < 1.29 is 9.59 Å². The number of carbonyl (C=O) groups excluding carboxylic acids is 2. The summed E-state index contributed by atoms with van der Waals surface area (Å²) in [5.74, 6) is -1.03. The molecule has 1 heterocycles. The molecule has 114 valence electrons. The molecular weight excluding hydrogens is 288 g/mol. The summed E-state index contributed by atoms with van der Waals surface area (Å²) in [7, 11) is 0. The van der Waals surface area contributed by atoms with Gasteiger partial charge in [-0.3, -0.25) is 9.59 Å². The zero-order valence-corrected chi connectivity index (χ0v) is 13.2. The number of likely N-dealkylation sites (tertiary alicyclic amines) is 1. The van der Waals surface area contributed by atoms with Crippen LogP contribution in [0.5, 0.6) is 0 Å². The van der Waals surface area contributed by atoms with Crippen LogP contribution in [0.25, 0.3) is 0 Å². The van der Waals surface area contributed by atoms with Crippen molar-refractivity contribution in [2.24, 2.45) is 0 Å². The van der Waals surface area contributed by atoms with Gasteiger partial charge in [0.2, 0.25) is 0 Å². The quantitative estimate of drug-likeness (QED) is 0.852. The Balaban J connectivity index is 2.04. The van der Waals surface area contributed by atoms with E-state index in [0.29, 0.717) is 17.3 Å². The fourth-order valence-electron chi connectivity index (χ4n) is 2.68. The number of anilines is 1. The van der Waals surface area contributed by atoms with Crippen molar-refractivity contribution in [1.29, 1.82) is 0 Å². The number of hydrogen-bond donors (Lipinski definition) is 1. The molecule has 1 aliphatic heterocycles. The Morgan fingerprint density at radius 2 is 2.14 bits per heavy atom. The third-order valence-electron chi connectivity index (χ3n) is 3.98. The van der Waals surface area contributed by atoms with E-state index in [1.807, 2.05) is 19.9 Å². The Morgan fingerprint density at radius 1 is 1.38 bits per heavy atom. The SMILES string of the molecule is CCC1CCCCN1C(=O)C(=O)Nc1ccc(C)c(Cl)c1. The fraction of sp³-hybridized carbons (Fsp3) is 0.500. The predicted molar refractivity (Wildman–Crippen MR) is 84.5 cm³/mol. The lowest BCUT2D eigenvalue weighted by molar-refractivity contribution is -0.145. The minimum Gasteiger partial charge on any atom is -0.331 e. The molecule has 1 atom stereocenters. The van der Waals surface area contributed by atoms with Crippen molar-refractivity contribution >= 4 is 29.1 Å². The van der Waals surface area contributed by atoms with E-state index >= 15 is 0 Å². The third kappa shape index (κ3) is 3.76. The van der Waals surface area contributed by atoms with Gasteiger partial charge < -0.3 is 10.2 Å². The molecule has 1 unspecified atom stereocenters. The van der Waals surface area contributed by atoms with Gasteiger partial charge in [-0.15, -0.1) is 0 Å². The van der Waals surface area contributed by atoms with E-state index < -0.39 is 11.8 Å². The number of nitrogens with zero attached hydrogens (tertiary/aromatic N) is 1. The molecule has 2 amide bonds. The van der Waals surface area contributed by atoms with Gasteiger partial charge >= 0.3 is 11.8 Å². The molecule has 0 spiro atoms. The van der Waals surface area contributed by atoms with E-state index in [2.05, 4.69) is 5.32 Å². The third-order valence-corrected chi connectivity index (χ3v) is 4.39. The van der Waals surface area contributed by atoms with Crippen LogP contribution in [0.4, 0.5) is 5.69 Å². The van der Waals surface area contributed by atoms with E-state index in [9.17, 15) is 9.59 Å². The zero-order chi connectivity index (χ0) is 15.4. The van der Waals surface area contributed by atoms with Crippen LogP contribution in [0.2, 0.25) is 5.02 Å². The average molecular weight is 309 g/mol. The van der Waals surface area contributed by atoms with Crippen LogP contribution in [0, 0.1) is 6.92 Å². The number of piperidine rings is 1. The maximum Gasteiger partial charge on any atom is 0.313 e. The van der Waals surface area contributed by atoms with Gasteiger partial charge in [-0.2, -0.15) is 0 Å². The molecule has 0 aliphatic carbocycles. The van der Waals surface area contributed by atoms with Crippen LogP contribution in [0.3, 0.4) is 0 Å². The molecule has 0 aromatic heterocycles. The minimum atomic E-state index is -0.588. The van der Waals surface area contributed by atoms with Crippen molar-refractivity contribution in [1.82, 2.24) is 4.90 Å². The van der Waals surface area contributed by atoms with Gasteiger partial charge in [0.15, 0.2) is 0 Å². The van der Waals surface area contributed by atoms with Crippen LogP contribution >= 0.6 is 11.6 Å². The standard InChI is InChI=1S/C16H21ClN2O2/c1-3-13-6-4-5-9-19(13)16(21)15(20)18-12-8-7-11(2)14(17)10-12/h7-8,10,13H,3-6,9H2,1-2H3,(H,18,20). The number of benzene rings is 1. The van der Waals surface area contributed by atoms with Crippen molar-refractivity contribution in [3.8, 4) is 0 Å². The fourth-order valence-corrected chi connectivity index (χ4v) is 2.86. The molecule has 21 heavy (non-hydrogen) atoms. The summed E-state index contributed by atoms with van der Waals surface area (Å²) in [6, 6.07) is 5.41. The molecular formula is C16H21ClN2O2. The normalized spacial score (nSPS) is 18.4. The Kier molecular flexibility index (Phi) is 5.23. The van der Waals surface area contributed by atoms with E-state index in [-0.39, 0.29) is 6.04 Å². The Morgan fingerprint density at radius 3 is 2.81 bits per heavy atom. The molecule has 1 aliphatic rings. The van der Waals surface area contributed by atoms with Crippen molar-refractivity contribution in [2.75, 3.05) is 11.9 Å². The minimum absolute atomic E-state index is 0.179. The largest absolute Gasteiger partial charge is 0.331 e. The summed E-state index contributed by atoms with van der Waals surface area (Å²) < 4.78 is 0. The summed E-state index contributed by atoms with van der Waals surface area (Å²) in [6.07, 6.45) is 3.95. The van der Waals surface area contributed by atoms with Crippen LogP contribution in [0.1, 0.15) is 38.2 Å². The molecule has 1 N–H and O–H groups in total. The molecule has 2 rings (SSSR count).